The lowest BCUT2D eigenvalue weighted by Gasteiger charge is -2.12. The van der Waals surface area contributed by atoms with Gasteiger partial charge in [-0.2, -0.15) is 0 Å². The van der Waals surface area contributed by atoms with E-state index in [4.69, 9.17) is 8.83 Å². The minimum Gasteiger partial charge on any atom is -0.468 e. The summed E-state index contributed by atoms with van der Waals surface area (Å²) in [5.41, 5.74) is 5.60. The van der Waals surface area contributed by atoms with Gasteiger partial charge in [-0.25, -0.2) is 0 Å². The second kappa shape index (κ2) is 9.91. The molecular weight excluding hydrogens is 432 g/mol. The predicted octanol–water partition coefficient (Wildman–Crippen LogP) is 6.95. The van der Waals surface area contributed by atoms with E-state index in [1.54, 1.807) is 49.1 Å². The Balaban J connectivity index is 1.78. The van der Waals surface area contributed by atoms with Crippen LogP contribution in [0.1, 0.15) is 50.6 Å². The highest BCUT2D eigenvalue weighted by molar-refractivity contribution is 7.99. The third-order valence-electron chi connectivity index (χ3n) is 5.30. The predicted molar refractivity (Wildman–Crippen MR) is 130 cm³/mol. The summed E-state index contributed by atoms with van der Waals surface area (Å²) in [7, 11) is 0. The first-order chi connectivity index (χ1) is 15.8. The molecule has 0 amide bonds. The van der Waals surface area contributed by atoms with E-state index in [1.165, 1.54) is 0 Å². The van der Waals surface area contributed by atoms with Gasteiger partial charge in [0.15, 0.2) is 0 Å². The van der Waals surface area contributed by atoms with E-state index >= 15 is 0 Å². The van der Waals surface area contributed by atoms with Crippen LogP contribution in [0.15, 0.2) is 55.9 Å². The molecule has 7 heteroatoms. The Hall–Kier alpha value is -2.93. The fourth-order valence-corrected chi connectivity index (χ4v) is 4.92. The summed E-state index contributed by atoms with van der Waals surface area (Å²) in [4.78, 5) is 20.6. The summed E-state index contributed by atoms with van der Waals surface area (Å²) in [6, 6.07) is 0. The molecule has 4 aromatic heterocycles. The third kappa shape index (κ3) is 5.03. The number of hydrogen-bond acceptors (Lipinski definition) is 7. The Morgan fingerprint density at radius 1 is 0.667 bits per heavy atom. The highest BCUT2D eigenvalue weighted by Gasteiger charge is 2.24. The Bertz CT molecular complexity index is 1150. The Morgan fingerprint density at radius 3 is 1.45 bits per heavy atom. The van der Waals surface area contributed by atoms with Crippen molar-refractivity contribution in [3.05, 3.63) is 60.2 Å². The summed E-state index contributed by atoms with van der Waals surface area (Å²) in [6.07, 6.45) is 12.3. The van der Waals surface area contributed by atoms with Crippen molar-refractivity contribution >= 4 is 11.8 Å². The van der Waals surface area contributed by atoms with E-state index in [-0.39, 0.29) is 0 Å². The molecular formula is C26H30N4O2S. The van der Waals surface area contributed by atoms with Crippen molar-refractivity contribution in [2.24, 2.45) is 11.8 Å². The van der Waals surface area contributed by atoms with Crippen LogP contribution in [0.25, 0.3) is 22.5 Å². The second-order valence-electron chi connectivity index (χ2n) is 9.07. The molecule has 0 saturated heterocycles. The zero-order valence-electron chi connectivity index (χ0n) is 20.0. The van der Waals surface area contributed by atoms with Crippen molar-refractivity contribution in [1.82, 2.24) is 19.9 Å². The molecule has 0 aliphatic heterocycles. The molecule has 4 heterocycles. The maximum atomic E-state index is 5.87. The monoisotopic (exact) mass is 462 g/mol. The first-order valence-electron chi connectivity index (χ1n) is 11.3. The van der Waals surface area contributed by atoms with Gasteiger partial charge in [-0.1, -0.05) is 39.5 Å². The molecule has 172 valence electrons. The standard InChI is InChI=1S/C26H30N4O2S/c1-15(2)11-21-23(29-9-7-27-21)19-13-31-17(5)25(19)33-26-18(6)32-14-20(26)24-22(12-16(3)4)28-8-10-30-24/h7-10,13-16H,11-12H2,1-6H3. The van der Waals surface area contributed by atoms with Gasteiger partial charge in [-0.3, -0.25) is 19.9 Å². The SMILES string of the molecule is Cc1occ(-c2nccnc2CC(C)C)c1Sc1c(-c2nccnc2CC(C)C)coc1C. The van der Waals surface area contributed by atoms with Gasteiger partial charge in [-0.05, 0) is 38.5 Å². The maximum absolute atomic E-state index is 5.87. The van der Waals surface area contributed by atoms with Crippen LogP contribution in [0, 0.1) is 25.7 Å². The van der Waals surface area contributed by atoms with Crippen LogP contribution in [-0.2, 0) is 12.8 Å². The van der Waals surface area contributed by atoms with E-state index in [9.17, 15) is 0 Å². The number of furan rings is 2. The van der Waals surface area contributed by atoms with Gasteiger partial charge in [0, 0.05) is 24.8 Å². The number of rotatable bonds is 8. The van der Waals surface area contributed by atoms with Gasteiger partial charge in [0.1, 0.15) is 24.0 Å². The first kappa shape index (κ1) is 23.2. The summed E-state index contributed by atoms with van der Waals surface area (Å²) in [5, 5.41) is 0. The van der Waals surface area contributed by atoms with Crippen LogP contribution in [0.2, 0.25) is 0 Å². The van der Waals surface area contributed by atoms with Crippen LogP contribution < -0.4 is 0 Å². The fourth-order valence-electron chi connectivity index (χ4n) is 3.83. The lowest BCUT2D eigenvalue weighted by Crippen LogP contribution is -2.02. The average molecular weight is 463 g/mol. The minimum atomic E-state index is 0.475. The molecule has 4 rings (SSSR count). The van der Waals surface area contributed by atoms with Crippen molar-refractivity contribution in [1.29, 1.82) is 0 Å². The zero-order chi connectivity index (χ0) is 23.5. The summed E-state index contributed by atoms with van der Waals surface area (Å²) < 4.78 is 11.7. The molecule has 0 N–H and O–H groups in total. The maximum Gasteiger partial charge on any atom is 0.115 e. The van der Waals surface area contributed by atoms with Crippen LogP contribution in [0.5, 0.6) is 0 Å². The lowest BCUT2D eigenvalue weighted by atomic mass is 10.0. The molecule has 0 unspecified atom stereocenters. The number of aromatic nitrogens is 4. The lowest BCUT2D eigenvalue weighted by molar-refractivity contribution is 0.525. The Morgan fingerprint density at radius 2 is 1.06 bits per heavy atom. The molecule has 4 aromatic rings. The normalized spacial score (nSPS) is 11.6. The second-order valence-corrected chi connectivity index (χ2v) is 10.1. The van der Waals surface area contributed by atoms with Gasteiger partial charge >= 0.3 is 0 Å². The van der Waals surface area contributed by atoms with Crippen molar-refractivity contribution in [3.63, 3.8) is 0 Å². The van der Waals surface area contributed by atoms with Crippen molar-refractivity contribution < 1.29 is 8.83 Å². The molecule has 33 heavy (non-hydrogen) atoms. The average Bonchev–Trinajstić information content (AvgIpc) is 3.31. The molecule has 0 fully saturated rings. The van der Waals surface area contributed by atoms with Crippen LogP contribution in [-0.4, -0.2) is 19.9 Å². The van der Waals surface area contributed by atoms with Gasteiger partial charge in [-0.15, -0.1) is 0 Å². The number of hydrogen-bond donors (Lipinski definition) is 0. The van der Waals surface area contributed by atoms with Crippen molar-refractivity contribution in [2.75, 3.05) is 0 Å². The van der Waals surface area contributed by atoms with E-state index in [1.807, 2.05) is 13.8 Å². The summed E-state index contributed by atoms with van der Waals surface area (Å²) in [5.74, 6) is 2.63. The molecule has 6 nitrogen and oxygen atoms in total. The Kier molecular flexibility index (Phi) is 6.98. The highest BCUT2D eigenvalue weighted by atomic mass is 32.2. The van der Waals surface area contributed by atoms with Crippen LogP contribution in [0.3, 0.4) is 0 Å². The summed E-state index contributed by atoms with van der Waals surface area (Å²) in [6.45, 7) is 12.7. The largest absolute Gasteiger partial charge is 0.468 e. The van der Waals surface area contributed by atoms with E-state index < -0.39 is 0 Å². The fraction of sp³-hybridized carbons (Fsp3) is 0.385. The Labute approximate surface area is 199 Å². The topological polar surface area (TPSA) is 77.8 Å². The highest BCUT2D eigenvalue weighted by Crippen LogP contribution is 2.45. The molecule has 0 bridgehead atoms. The molecule has 0 aliphatic carbocycles. The molecule has 0 radical (unpaired) electrons. The molecule has 0 atom stereocenters. The van der Waals surface area contributed by atoms with Crippen molar-refractivity contribution in [3.8, 4) is 22.5 Å². The number of aryl methyl sites for hydroxylation is 2. The number of nitrogens with zero attached hydrogens (tertiary/aromatic N) is 4. The third-order valence-corrected chi connectivity index (χ3v) is 6.72. The quantitative estimate of drug-likeness (QED) is 0.280. The zero-order valence-corrected chi connectivity index (χ0v) is 20.9. The van der Waals surface area contributed by atoms with Gasteiger partial charge < -0.3 is 8.83 Å². The molecule has 0 aromatic carbocycles. The first-order valence-corrected chi connectivity index (χ1v) is 12.1. The van der Waals surface area contributed by atoms with Crippen LogP contribution in [0.4, 0.5) is 0 Å². The van der Waals surface area contributed by atoms with Crippen molar-refractivity contribution in [2.45, 2.75) is 64.2 Å². The summed E-state index contributed by atoms with van der Waals surface area (Å²) >= 11 is 1.63. The van der Waals surface area contributed by atoms with Gasteiger partial charge in [0.05, 0.1) is 43.7 Å². The minimum absolute atomic E-state index is 0.475. The van der Waals surface area contributed by atoms with E-state index in [0.717, 1.165) is 68.1 Å². The molecule has 0 spiro atoms. The van der Waals surface area contributed by atoms with Gasteiger partial charge in [0.25, 0.3) is 0 Å². The van der Waals surface area contributed by atoms with E-state index in [0.29, 0.717) is 11.8 Å². The molecule has 0 saturated carbocycles. The van der Waals surface area contributed by atoms with Crippen LogP contribution >= 0.6 is 11.8 Å². The van der Waals surface area contributed by atoms with E-state index in [2.05, 4.69) is 47.6 Å². The van der Waals surface area contributed by atoms with Gasteiger partial charge in [0.2, 0.25) is 0 Å². The smallest absolute Gasteiger partial charge is 0.115 e. The molecule has 0 aliphatic rings.